The Labute approximate surface area is 162 Å². The van der Waals surface area contributed by atoms with Crippen LogP contribution in [-0.4, -0.2) is 30.8 Å². The smallest absolute Gasteiger partial charge is 0.348 e. The lowest BCUT2D eigenvalue weighted by atomic mass is 10.2. The third-order valence-electron chi connectivity index (χ3n) is 3.73. The van der Waals surface area contributed by atoms with Crippen LogP contribution in [0.25, 0.3) is 10.1 Å². The Balaban J connectivity index is 1.56. The topological polar surface area (TPSA) is 72.5 Å². The number of halogens is 1. The minimum Gasteiger partial charge on any atom is -0.453 e. The summed E-state index contributed by atoms with van der Waals surface area (Å²) < 4.78 is 19.4. The number of thiophene rings is 2. The van der Waals surface area contributed by atoms with Crippen molar-refractivity contribution in [2.24, 2.45) is 0 Å². The number of ketones is 1. The molecule has 0 aliphatic rings. The number of rotatable bonds is 7. The normalized spacial score (nSPS) is 10.7. The highest BCUT2D eigenvalue weighted by molar-refractivity contribution is 7.20. The van der Waals surface area contributed by atoms with Crippen LogP contribution in [0.3, 0.4) is 0 Å². The van der Waals surface area contributed by atoms with E-state index < -0.39 is 11.8 Å². The third-order valence-corrected chi connectivity index (χ3v) is 5.99. The van der Waals surface area contributed by atoms with Crippen LogP contribution in [0.2, 0.25) is 0 Å². The van der Waals surface area contributed by atoms with Crippen LogP contribution in [-0.2, 0) is 16.0 Å². The zero-order chi connectivity index (χ0) is 19.4. The van der Waals surface area contributed by atoms with E-state index in [4.69, 9.17) is 4.74 Å². The Bertz CT molecular complexity index is 1010. The monoisotopic (exact) mass is 405 g/mol. The molecule has 2 heterocycles. The van der Waals surface area contributed by atoms with Crippen LogP contribution in [0, 0.1) is 5.82 Å². The molecule has 1 aromatic carbocycles. The molecule has 0 aliphatic heterocycles. The highest BCUT2D eigenvalue weighted by Gasteiger charge is 2.17. The number of Topliss-reactive ketones (excluding diaryl/α,β-unsaturated/α-hetero) is 1. The van der Waals surface area contributed by atoms with Crippen molar-refractivity contribution in [3.05, 3.63) is 56.8 Å². The Hall–Kier alpha value is -2.58. The summed E-state index contributed by atoms with van der Waals surface area (Å²) >= 11 is 2.43. The van der Waals surface area contributed by atoms with E-state index in [1.165, 1.54) is 30.4 Å². The van der Waals surface area contributed by atoms with Gasteiger partial charge in [0.2, 0.25) is 11.7 Å². The van der Waals surface area contributed by atoms with Gasteiger partial charge in [-0.3, -0.25) is 9.59 Å². The maximum Gasteiger partial charge on any atom is 0.348 e. The van der Waals surface area contributed by atoms with Crippen molar-refractivity contribution < 1.29 is 23.5 Å². The average Bonchev–Trinajstić information content (AvgIpc) is 3.27. The summed E-state index contributed by atoms with van der Waals surface area (Å²) in [7, 11) is 0. The fourth-order valence-corrected chi connectivity index (χ4v) is 4.32. The van der Waals surface area contributed by atoms with Gasteiger partial charge in [-0.1, -0.05) is 6.07 Å². The quantitative estimate of drug-likeness (QED) is 0.479. The van der Waals surface area contributed by atoms with Gasteiger partial charge in [0.1, 0.15) is 10.7 Å². The number of fused-ring (bicyclic) bond motifs is 1. The SMILES string of the molecule is CC(=O)NCCc1ccc(C(=O)COC(=O)c2cc3c(F)cccc3s2)s1. The van der Waals surface area contributed by atoms with Crippen LogP contribution in [0.5, 0.6) is 0 Å². The van der Waals surface area contributed by atoms with E-state index in [9.17, 15) is 18.8 Å². The Morgan fingerprint density at radius 2 is 1.93 bits per heavy atom. The highest BCUT2D eigenvalue weighted by Crippen LogP contribution is 2.28. The second-order valence-electron chi connectivity index (χ2n) is 5.76. The molecule has 1 N–H and O–H groups in total. The van der Waals surface area contributed by atoms with Gasteiger partial charge >= 0.3 is 5.97 Å². The first kappa shape index (κ1) is 19.2. The third kappa shape index (κ3) is 4.78. The first-order valence-corrected chi connectivity index (χ1v) is 9.79. The summed E-state index contributed by atoms with van der Waals surface area (Å²) in [6.07, 6.45) is 0.630. The maximum absolute atomic E-state index is 13.7. The molecule has 0 fully saturated rings. The van der Waals surface area contributed by atoms with E-state index in [-0.39, 0.29) is 23.2 Å². The van der Waals surface area contributed by atoms with Gasteiger partial charge in [-0.15, -0.1) is 22.7 Å². The molecule has 0 saturated heterocycles. The lowest BCUT2D eigenvalue weighted by Gasteiger charge is -2.01. The number of benzene rings is 1. The number of hydrogen-bond acceptors (Lipinski definition) is 6. The number of nitrogens with one attached hydrogen (secondary N) is 1. The van der Waals surface area contributed by atoms with Gasteiger partial charge in [-0.2, -0.15) is 0 Å². The molecule has 3 aromatic rings. The molecule has 0 bridgehead atoms. The van der Waals surface area contributed by atoms with Gasteiger partial charge in [-0.25, -0.2) is 9.18 Å². The molecule has 0 saturated carbocycles. The van der Waals surface area contributed by atoms with Crippen LogP contribution >= 0.6 is 22.7 Å². The summed E-state index contributed by atoms with van der Waals surface area (Å²) in [5.41, 5.74) is 0. The molecule has 8 heteroatoms. The molecule has 0 spiro atoms. The molecule has 27 heavy (non-hydrogen) atoms. The van der Waals surface area contributed by atoms with Crippen LogP contribution in [0.15, 0.2) is 36.4 Å². The van der Waals surface area contributed by atoms with Gasteiger partial charge in [-0.05, 0) is 36.8 Å². The van der Waals surface area contributed by atoms with Crippen molar-refractivity contribution in [3.8, 4) is 0 Å². The maximum atomic E-state index is 13.7. The van der Waals surface area contributed by atoms with E-state index in [1.54, 1.807) is 18.2 Å². The first-order valence-electron chi connectivity index (χ1n) is 8.15. The number of amides is 1. The predicted molar refractivity (Wildman–Crippen MR) is 103 cm³/mol. The van der Waals surface area contributed by atoms with Crippen LogP contribution in [0.1, 0.15) is 31.1 Å². The zero-order valence-corrected chi connectivity index (χ0v) is 16.0. The van der Waals surface area contributed by atoms with E-state index >= 15 is 0 Å². The van der Waals surface area contributed by atoms with Gasteiger partial charge in [0.15, 0.2) is 6.61 Å². The molecule has 2 aromatic heterocycles. The minimum atomic E-state index is -0.647. The van der Waals surface area contributed by atoms with Crippen LogP contribution in [0.4, 0.5) is 4.39 Å². The van der Waals surface area contributed by atoms with Crippen molar-refractivity contribution >= 4 is 50.4 Å². The molecule has 0 unspecified atom stereocenters. The number of carbonyl (C=O) groups is 3. The first-order chi connectivity index (χ1) is 12.9. The molecular weight excluding hydrogens is 389 g/mol. The Morgan fingerprint density at radius 1 is 1.11 bits per heavy atom. The largest absolute Gasteiger partial charge is 0.453 e. The number of esters is 1. The number of ether oxygens (including phenoxy) is 1. The number of hydrogen-bond donors (Lipinski definition) is 1. The molecule has 0 aliphatic carbocycles. The lowest BCUT2D eigenvalue weighted by Crippen LogP contribution is -2.22. The second kappa shape index (κ2) is 8.41. The summed E-state index contributed by atoms with van der Waals surface area (Å²) in [5, 5.41) is 3.06. The minimum absolute atomic E-state index is 0.101. The van der Waals surface area contributed by atoms with Gasteiger partial charge < -0.3 is 10.1 Å². The van der Waals surface area contributed by atoms with E-state index in [1.807, 2.05) is 6.07 Å². The molecule has 3 rings (SSSR count). The molecular formula is C19H16FNO4S2. The Kier molecular flexibility index (Phi) is 5.98. The zero-order valence-electron chi connectivity index (χ0n) is 14.4. The predicted octanol–water partition coefficient (Wildman–Crippen LogP) is 3.82. The van der Waals surface area contributed by atoms with E-state index in [0.29, 0.717) is 27.9 Å². The fraction of sp³-hybridized carbons (Fsp3) is 0.211. The molecule has 0 radical (unpaired) electrons. The summed E-state index contributed by atoms with van der Waals surface area (Å²) in [4.78, 5) is 36.9. The van der Waals surface area contributed by atoms with Crippen molar-refractivity contribution in [1.29, 1.82) is 0 Å². The van der Waals surface area contributed by atoms with E-state index in [2.05, 4.69) is 5.32 Å². The van der Waals surface area contributed by atoms with Crippen LogP contribution < -0.4 is 5.32 Å². The summed E-state index contributed by atoms with van der Waals surface area (Å²) in [6.45, 7) is 1.57. The molecule has 0 atom stereocenters. The highest BCUT2D eigenvalue weighted by atomic mass is 32.1. The summed E-state index contributed by atoms with van der Waals surface area (Å²) in [6, 6.07) is 9.56. The Morgan fingerprint density at radius 3 is 2.67 bits per heavy atom. The second-order valence-corrected chi connectivity index (χ2v) is 8.01. The fourth-order valence-electron chi connectivity index (χ4n) is 2.42. The standard InChI is InChI=1S/C19H16FNO4S2/c1-11(22)21-8-7-12-5-6-17(26-12)15(23)10-25-19(24)18-9-13-14(20)3-2-4-16(13)27-18/h2-6,9H,7-8,10H2,1H3,(H,21,22). The van der Waals surface area contributed by atoms with Gasteiger partial charge in [0.05, 0.1) is 4.88 Å². The van der Waals surface area contributed by atoms with Crippen molar-refractivity contribution in [2.75, 3.05) is 13.2 Å². The molecule has 1 amide bonds. The van der Waals surface area contributed by atoms with Gasteiger partial charge in [0, 0.05) is 28.4 Å². The number of carbonyl (C=O) groups excluding carboxylic acids is 3. The van der Waals surface area contributed by atoms with E-state index in [0.717, 1.165) is 16.2 Å². The van der Waals surface area contributed by atoms with Crippen molar-refractivity contribution in [1.82, 2.24) is 5.32 Å². The average molecular weight is 405 g/mol. The summed E-state index contributed by atoms with van der Waals surface area (Å²) in [5.74, 6) is -1.45. The van der Waals surface area contributed by atoms with Gasteiger partial charge in [0.25, 0.3) is 0 Å². The van der Waals surface area contributed by atoms with Crippen molar-refractivity contribution in [2.45, 2.75) is 13.3 Å². The lowest BCUT2D eigenvalue weighted by molar-refractivity contribution is -0.118. The van der Waals surface area contributed by atoms with Crippen molar-refractivity contribution in [3.63, 3.8) is 0 Å². The molecule has 5 nitrogen and oxygen atoms in total. The molecule has 140 valence electrons.